The molecule has 0 bridgehead atoms. The van der Waals surface area contributed by atoms with Crippen LogP contribution in [-0.2, 0) is 38.4 Å². The van der Waals surface area contributed by atoms with Crippen LogP contribution in [0.3, 0.4) is 0 Å². The number of ether oxygens (including phenoxy) is 3. The van der Waals surface area contributed by atoms with Gasteiger partial charge in [0.1, 0.15) is 34.5 Å². The molecule has 2 atom stereocenters. The maximum atomic E-state index is 12.7. The SMILES string of the molecule is COCCn1c(-c2cn(COCC[S+](C)C(C)(C)C)c(C3C=CC(Cl)=C(OC)C3)n2)nc2cc(C(=O)N(C)C)ccc21. The van der Waals surface area contributed by atoms with Crippen molar-refractivity contribution in [3.8, 4) is 11.5 Å². The molecule has 1 aliphatic rings. The van der Waals surface area contributed by atoms with E-state index in [1.807, 2.05) is 30.5 Å². The van der Waals surface area contributed by atoms with E-state index >= 15 is 0 Å². The number of carbonyl (C=O) groups is 1. The lowest BCUT2D eigenvalue weighted by Crippen LogP contribution is -2.31. The zero-order chi connectivity index (χ0) is 30.6. The van der Waals surface area contributed by atoms with Crippen LogP contribution in [0.4, 0.5) is 0 Å². The Hall–Kier alpha value is -2.79. The molecule has 2 unspecified atom stereocenters. The predicted molar refractivity (Wildman–Crippen MR) is 171 cm³/mol. The first-order valence-corrected chi connectivity index (χ1v) is 16.2. The number of nitrogens with zero attached hydrogens (tertiary/aromatic N) is 5. The summed E-state index contributed by atoms with van der Waals surface area (Å²) in [5.41, 5.74) is 2.95. The molecule has 2 aromatic heterocycles. The highest BCUT2D eigenvalue weighted by atomic mass is 35.5. The lowest BCUT2D eigenvalue weighted by Gasteiger charge is -2.20. The Morgan fingerprint density at radius 2 is 1.95 bits per heavy atom. The van der Waals surface area contributed by atoms with Gasteiger partial charge >= 0.3 is 0 Å². The van der Waals surface area contributed by atoms with Crippen molar-refractivity contribution in [2.75, 3.05) is 53.5 Å². The molecule has 4 rings (SSSR count). The largest absolute Gasteiger partial charge is 0.500 e. The number of hydrogen-bond acceptors (Lipinski definition) is 6. The molecule has 1 aromatic carbocycles. The number of amides is 1. The second kappa shape index (κ2) is 13.7. The van der Waals surface area contributed by atoms with E-state index in [0.717, 1.165) is 34.1 Å². The second-order valence-electron chi connectivity index (χ2n) is 11.6. The van der Waals surface area contributed by atoms with Crippen LogP contribution >= 0.6 is 11.6 Å². The molecule has 0 fully saturated rings. The van der Waals surface area contributed by atoms with Crippen LogP contribution < -0.4 is 0 Å². The number of halogens is 1. The topological polar surface area (TPSA) is 83.6 Å². The Bertz CT molecular complexity index is 1470. The van der Waals surface area contributed by atoms with Crippen molar-refractivity contribution < 1.29 is 19.0 Å². The Morgan fingerprint density at radius 1 is 1.19 bits per heavy atom. The molecule has 0 spiro atoms. The van der Waals surface area contributed by atoms with E-state index < -0.39 is 0 Å². The number of carbonyl (C=O) groups excluding carboxylic acids is 1. The lowest BCUT2D eigenvalue weighted by atomic mass is 9.98. The summed E-state index contributed by atoms with van der Waals surface area (Å²) in [6.07, 6.45) is 8.82. The van der Waals surface area contributed by atoms with E-state index in [-0.39, 0.29) is 27.5 Å². The van der Waals surface area contributed by atoms with Gasteiger partial charge < -0.3 is 28.2 Å². The highest BCUT2D eigenvalue weighted by Gasteiger charge is 2.29. The minimum absolute atomic E-state index is 0.0451. The first kappa shape index (κ1) is 32.1. The monoisotopic (exact) mass is 616 g/mol. The van der Waals surface area contributed by atoms with Gasteiger partial charge in [-0.1, -0.05) is 17.7 Å². The Labute approximate surface area is 256 Å². The summed E-state index contributed by atoms with van der Waals surface area (Å²) in [6.45, 7) is 8.93. The van der Waals surface area contributed by atoms with E-state index in [0.29, 0.717) is 49.3 Å². The molecular weight excluding hydrogens is 574 g/mol. The average Bonchev–Trinajstić information content (AvgIpc) is 3.54. The van der Waals surface area contributed by atoms with Crippen LogP contribution in [0.2, 0.25) is 0 Å². The molecular formula is C31H43ClN5O4S+. The van der Waals surface area contributed by atoms with Gasteiger partial charge in [-0.3, -0.25) is 4.79 Å². The van der Waals surface area contributed by atoms with Gasteiger partial charge in [0.15, 0.2) is 5.82 Å². The maximum Gasteiger partial charge on any atom is 0.253 e. The van der Waals surface area contributed by atoms with Gasteiger partial charge in [-0.05, 0) is 55.9 Å². The van der Waals surface area contributed by atoms with E-state index in [1.165, 1.54) is 0 Å². The second-order valence-corrected chi connectivity index (χ2v) is 14.9. The maximum absolute atomic E-state index is 12.7. The van der Waals surface area contributed by atoms with Crippen LogP contribution in [0, 0.1) is 0 Å². The van der Waals surface area contributed by atoms with Crippen LogP contribution in [0.25, 0.3) is 22.6 Å². The van der Waals surface area contributed by atoms with Crippen LogP contribution in [0.15, 0.2) is 47.3 Å². The average molecular weight is 617 g/mol. The highest BCUT2D eigenvalue weighted by Crippen LogP contribution is 2.35. The molecule has 42 heavy (non-hydrogen) atoms. The predicted octanol–water partition coefficient (Wildman–Crippen LogP) is 5.41. The number of imidazole rings is 2. The van der Waals surface area contributed by atoms with Gasteiger partial charge in [-0.15, -0.1) is 0 Å². The summed E-state index contributed by atoms with van der Waals surface area (Å²) >= 11 is 6.38. The summed E-state index contributed by atoms with van der Waals surface area (Å²) in [5.74, 6) is 3.17. The fraction of sp³-hybridized carbons (Fsp3) is 0.516. The van der Waals surface area contributed by atoms with Crippen molar-refractivity contribution in [3.05, 3.63) is 58.7 Å². The fourth-order valence-corrected chi connectivity index (χ4v) is 5.94. The molecule has 9 nitrogen and oxygen atoms in total. The van der Waals surface area contributed by atoms with Gasteiger partial charge in [0.05, 0.1) is 42.6 Å². The van der Waals surface area contributed by atoms with E-state index in [1.54, 1.807) is 33.2 Å². The normalized spacial score (nSPS) is 16.4. The molecule has 0 radical (unpaired) electrons. The molecule has 0 saturated heterocycles. The number of methoxy groups -OCH3 is 2. The van der Waals surface area contributed by atoms with Crippen molar-refractivity contribution in [2.24, 2.45) is 0 Å². The quantitative estimate of drug-likeness (QED) is 0.200. The van der Waals surface area contributed by atoms with Crippen molar-refractivity contribution in [1.29, 1.82) is 0 Å². The van der Waals surface area contributed by atoms with E-state index in [4.69, 9.17) is 35.8 Å². The minimum Gasteiger partial charge on any atom is -0.500 e. The zero-order valence-electron chi connectivity index (χ0n) is 25.9. The number of aromatic nitrogens is 4. The van der Waals surface area contributed by atoms with E-state index in [9.17, 15) is 4.79 Å². The van der Waals surface area contributed by atoms with Gasteiger partial charge in [0.2, 0.25) is 0 Å². The summed E-state index contributed by atoms with van der Waals surface area (Å²) in [5, 5.41) is 0.602. The van der Waals surface area contributed by atoms with Crippen LogP contribution in [0.5, 0.6) is 0 Å². The van der Waals surface area contributed by atoms with Gasteiger partial charge in [-0.25, -0.2) is 9.97 Å². The lowest BCUT2D eigenvalue weighted by molar-refractivity contribution is 0.0827. The molecule has 0 saturated carbocycles. The third kappa shape index (κ3) is 7.22. The van der Waals surface area contributed by atoms with Crippen molar-refractivity contribution >= 4 is 39.4 Å². The molecule has 228 valence electrons. The molecule has 0 aliphatic heterocycles. The summed E-state index contributed by atoms with van der Waals surface area (Å²) < 4.78 is 21.6. The summed E-state index contributed by atoms with van der Waals surface area (Å²) in [6, 6.07) is 5.62. The Balaban J connectivity index is 1.72. The first-order chi connectivity index (χ1) is 19.9. The van der Waals surface area contributed by atoms with Gasteiger partial charge in [-0.2, -0.15) is 0 Å². The zero-order valence-corrected chi connectivity index (χ0v) is 27.5. The number of rotatable bonds is 12. The van der Waals surface area contributed by atoms with Crippen LogP contribution in [0.1, 0.15) is 49.3 Å². The van der Waals surface area contributed by atoms with Crippen molar-refractivity contribution in [3.63, 3.8) is 0 Å². The Kier molecular flexibility index (Phi) is 10.5. The molecule has 3 aromatic rings. The smallest absolute Gasteiger partial charge is 0.253 e. The van der Waals surface area contributed by atoms with Gasteiger partial charge in [0, 0.05) is 51.8 Å². The van der Waals surface area contributed by atoms with Gasteiger partial charge in [0.25, 0.3) is 5.91 Å². The fourth-order valence-electron chi connectivity index (χ4n) is 4.73. The third-order valence-electron chi connectivity index (χ3n) is 7.49. The third-order valence-corrected chi connectivity index (χ3v) is 10.7. The molecule has 2 heterocycles. The standard InChI is InChI=1S/C31H43ClN5O4S/c1-31(2,3)42(8)16-15-41-20-36-19-25(34-28(36)21-9-11-23(32)27(18-21)40-7)29-33-24-17-22(30(38)35(4)5)10-12-26(24)37(29)13-14-39-6/h9-12,17,19,21H,13-16,18,20H2,1-8H3/q+1. The Morgan fingerprint density at radius 3 is 2.62 bits per heavy atom. The summed E-state index contributed by atoms with van der Waals surface area (Å²) in [7, 11) is 7.04. The van der Waals surface area contributed by atoms with Crippen LogP contribution in [-0.4, -0.2) is 88.2 Å². The number of benzene rings is 1. The van der Waals surface area contributed by atoms with Crippen molar-refractivity contribution in [2.45, 2.75) is 51.1 Å². The number of fused-ring (bicyclic) bond motifs is 1. The highest BCUT2D eigenvalue weighted by molar-refractivity contribution is 7.97. The number of allylic oxidation sites excluding steroid dienone is 4. The molecule has 11 heteroatoms. The van der Waals surface area contributed by atoms with E-state index in [2.05, 4.69) is 42.2 Å². The number of hydrogen-bond donors (Lipinski definition) is 0. The first-order valence-electron chi connectivity index (χ1n) is 14.0. The molecule has 1 aliphatic carbocycles. The summed E-state index contributed by atoms with van der Waals surface area (Å²) in [4.78, 5) is 24.3. The minimum atomic E-state index is -0.0697. The van der Waals surface area contributed by atoms with Crippen molar-refractivity contribution in [1.82, 2.24) is 24.0 Å². The molecule has 0 N–H and O–H groups in total. The molecule has 1 amide bonds.